The summed E-state index contributed by atoms with van der Waals surface area (Å²) in [6.45, 7) is 1.82. The molecule has 1 unspecified atom stereocenters. The van der Waals surface area contributed by atoms with E-state index in [1.165, 1.54) is 6.92 Å². The van der Waals surface area contributed by atoms with Gasteiger partial charge >= 0.3 is 5.97 Å². The molecule has 1 atom stereocenters. The fourth-order valence-corrected chi connectivity index (χ4v) is 2.43. The van der Waals surface area contributed by atoms with Gasteiger partial charge in [0, 0.05) is 24.2 Å². The number of hydrogen-bond donors (Lipinski definition) is 0. The van der Waals surface area contributed by atoms with E-state index in [1.807, 2.05) is 24.3 Å². The molecule has 0 radical (unpaired) electrons. The van der Waals surface area contributed by atoms with Crippen molar-refractivity contribution < 1.29 is 14.3 Å². The normalized spacial score (nSPS) is 19.1. The summed E-state index contributed by atoms with van der Waals surface area (Å²) in [6, 6.07) is 7.71. The zero-order valence-electron chi connectivity index (χ0n) is 10.1. The fraction of sp³-hybridized carbons (Fsp3) is 0.385. The second kappa shape index (κ2) is 5.52. The number of likely N-dealkylation sites (tertiary alicyclic amines) is 1. The van der Waals surface area contributed by atoms with Crippen molar-refractivity contribution in [2.75, 3.05) is 0 Å². The van der Waals surface area contributed by atoms with Crippen LogP contribution in [-0.4, -0.2) is 23.0 Å². The number of nitrogens with zero attached hydrogens (tertiary/aromatic N) is 1. The van der Waals surface area contributed by atoms with Crippen molar-refractivity contribution in [3.8, 4) is 0 Å². The molecule has 18 heavy (non-hydrogen) atoms. The predicted molar refractivity (Wildman–Crippen MR) is 69.5 cm³/mol. The minimum atomic E-state index is -0.429. The SMILES string of the molecule is CC(=O)OC1CCC(=O)N1Cc1ccccc1Br. The lowest BCUT2D eigenvalue weighted by Gasteiger charge is -2.24. The summed E-state index contributed by atoms with van der Waals surface area (Å²) in [6.07, 6.45) is 0.577. The van der Waals surface area contributed by atoms with Gasteiger partial charge in [-0.05, 0) is 11.6 Å². The summed E-state index contributed by atoms with van der Waals surface area (Å²) in [5.41, 5.74) is 1.00. The fourth-order valence-electron chi connectivity index (χ4n) is 2.02. The molecule has 2 rings (SSSR count). The van der Waals surface area contributed by atoms with Crippen LogP contribution in [0.25, 0.3) is 0 Å². The molecule has 1 amide bonds. The van der Waals surface area contributed by atoms with E-state index >= 15 is 0 Å². The van der Waals surface area contributed by atoms with Crippen molar-refractivity contribution in [1.82, 2.24) is 4.90 Å². The Balaban J connectivity index is 2.13. The second-order valence-corrected chi connectivity index (χ2v) is 5.07. The van der Waals surface area contributed by atoms with Crippen molar-refractivity contribution in [2.24, 2.45) is 0 Å². The van der Waals surface area contributed by atoms with Crippen LogP contribution in [0.15, 0.2) is 28.7 Å². The average Bonchev–Trinajstić information content (AvgIpc) is 2.64. The maximum atomic E-state index is 11.8. The number of benzene rings is 1. The Morgan fingerprint density at radius 3 is 2.89 bits per heavy atom. The van der Waals surface area contributed by atoms with Gasteiger partial charge in [0.05, 0.1) is 6.54 Å². The highest BCUT2D eigenvalue weighted by atomic mass is 79.9. The Hall–Kier alpha value is -1.36. The lowest BCUT2D eigenvalue weighted by atomic mass is 10.2. The van der Waals surface area contributed by atoms with Gasteiger partial charge in [-0.1, -0.05) is 34.1 Å². The topological polar surface area (TPSA) is 46.6 Å². The molecule has 1 fully saturated rings. The Kier molecular flexibility index (Phi) is 4.01. The molecule has 96 valence electrons. The number of carbonyl (C=O) groups is 2. The van der Waals surface area contributed by atoms with E-state index in [9.17, 15) is 9.59 Å². The van der Waals surface area contributed by atoms with E-state index < -0.39 is 6.23 Å². The van der Waals surface area contributed by atoms with E-state index in [-0.39, 0.29) is 11.9 Å². The second-order valence-electron chi connectivity index (χ2n) is 4.22. The first-order valence-electron chi connectivity index (χ1n) is 5.78. The molecule has 1 aliphatic heterocycles. The first-order chi connectivity index (χ1) is 8.58. The van der Waals surface area contributed by atoms with Crippen molar-refractivity contribution in [3.63, 3.8) is 0 Å². The minimum absolute atomic E-state index is 0.0250. The molecular weight excluding hydrogens is 298 g/mol. The lowest BCUT2D eigenvalue weighted by molar-refractivity contribution is -0.157. The number of carbonyl (C=O) groups excluding carboxylic acids is 2. The first-order valence-corrected chi connectivity index (χ1v) is 6.57. The molecule has 0 saturated carbocycles. The molecule has 1 aromatic carbocycles. The summed E-state index contributed by atoms with van der Waals surface area (Å²) >= 11 is 3.45. The Labute approximate surface area is 114 Å². The summed E-state index contributed by atoms with van der Waals surface area (Å²) < 4.78 is 6.11. The van der Waals surface area contributed by atoms with Gasteiger partial charge in [-0.25, -0.2) is 0 Å². The van der Waals surface area contributed by atoms with Crippen LogP contribution >= 0.6 is 15.9 Å². The number of ether oxygens (including phenoxy) is 1. The third-order valence-corrected chi connectivity index (χ3v) is 3.65. The number of amides is 1. The molecule has 0 bridgehead atoms. The van der Waals surface area contributed by atoms with E-state index in [0.29, 0.717) is 19.4 Å². The van der Waals surface area contributed by atoms with Crippen molar-refractivity contribution in [2.45, 2.75) is 32.5 Å². The van der Waals surface area contributed by atoms with E-state index in [0.717, 1.165) is 10.0 Å². The zero-order valence-corrected chi connectivity index (χ0v) is 11.6. The lowest BCUT2D eigenvalue weighted by Crippen LogP contribution is -2.35. The highest BCUT2D eigenvalue weighted by Crippen LogP contribution is 2.25. The monoisotopic (exact) mass is 311 g/mol. The quantitative estimate of drug-likeness (QED) is 0.806. The van der Waals surface area contributed by atoms with Crippen LogP contribution in [0, 0.1) is 0 Å². The van der Waals surface area contributed by atoms with Crippen LogP contribution < -0.4 is 0 Å². The number of halogens is 1. The summed E-state index contributed by atoms with van der Waals surface area (Å²) in [5, 5.41) is 0. The van der Waals surface area contributed by atoms with Gasteiger partial charge in [0.15, 0.2) is 6.23 Å². The maximum absolute atomic E-state index is 11.8. The molecule has 0 spiro atoms. The van der Waals surface area contributed by atoms with Gasteiger partial charge in [0.25, 0.3) is 0 Å². The minimum Gasteiger partial charge on any atom is -0.442 e. The third-order valence-electron chi connectivity index (χ3n) is 2.87. The van der Waals surface area contributed by atoms with Crippen LogP contribution in [-0.2, 0) is 20.9 Å². The van der Waals surface area contributed by atoms with Gasteiger partial charge in [-0.3, -0.25) is 9.59 Å². The largest absolute Gasteiger partial charge is 0.442 e. The standard InChI is InChI=1S/C13H14BrNO3/c1-9(16)18-13-7-6-12(17)15(13)8-10-4-2-3-5-11(10)14/h2-5,13H,6-8H2,1H3. The summed E-state index contributed by atoms with van der Waals surface area (Å²) in [4.78, 5) is 24.4. The van der Waals surface area contributed by atoms with Crippen LogP contribution in [0.4, 0.5) is 0 Å². The molecule has 0 aliphatic carbocycles. The number of hydrogen-bond acceptors (Lipinski definition) is 3. The molecule has 1 saturated heterocycles. The smallest absolute Gasteiger partial charge is 0.304 e. The molecule has 5 heteroatoms. The average molecular weight is 312 g/mol. The van der Waals surface area contributed by atoms with Gasteiger partial charge in [0.1, 0.15) is 0 Å². The van der Waals surface area contributed by atoms with E-state index in [1.54, 1.807) is 4.90 Å². The Morgan fingerprint density at radius 1 is 1.50 bits per heavy atom. The molecular formula is C13H14BrNO3. The van der Waals surface area contributed by atoms with Crippen LogP contribution in [0.5, 0.6) is 0 Å². The molecule has 4 nitrogen and oxygen atoms in total. The van der Waals surface area contributed by atoms with Gasteiger partial charge in [-0.2, -0.15) is 0 Å². The highest BCUT2D eigenvalue weighted by molar-refractivity contribution is 9.10. The summed E-state index contributed by atoms with van der Waals surface area (Å²) in [5.74, 6) is -0.330. The summed E-state index contributed by atoms with van der Waals surface area (Å²) in [7, 11) is 0. The number of rotatable bonds is 3. The molecule has 1 heterocycles. The van der Waals surface area contributed by atoms with Crippen molar-refractivity contribution >= 4 is 27.8 Å². The van der Waals surface area contributed by atoms with Gasteiger partial charge in [0.2, 0.25) is 5.91 Å². The van der Waals surface area contributed by atoms with Gasteiger partial charge in [-0.15, -0.1) is 0 Å². The zero-order chi connectivity index (χ0) is 13.1. The van der Waals surface area contributed by atoms with Gasteiger partial charge < -0.3 is 9.64 Å². The van der Waals surface area contributed by atoms with Crippen LogP contribution in [0.2, 0.25) is 0 Å². The Morgan fingerprint density at radius 2 is 2.22 bits per heavy atom. The van der Waals surface area contributed by atoms with Crippen LogP contribution in [0.3, 0.4) is 0 Å². The Bertz CT molecular complexity index is 475. The third kappa shape index (κ3) is 2.90. The highest BCUT2D eigenvalue weighted by Gasteiger charge is 2.33. The van der Waals surface area contributed by atoms with E-state index in [4.69, 9.17) is 4.74 Å². The maximum Gasteiger partial charge on any atom is 0.304 e. The van der Waals surface area contributed by atoms with Crippen molar-refractivity contribution in [3.05, 3.63) is 34.3 Å². The molecule has 1 aliphatic rings. The molecule has 0 N–H and O–H groups in total. The first kappa shape index (κ1) is 13.1. The molecule has 0 aromatic heterocycles. The van der Waals surface area contributed by atoms with Crippen molar-refractivity contribution in [1.29, 1.82) is 0 Å². The van der Waals surface area contributed by atoms with Crippen LogP contribution in [0.1, 0.15) is 25.3 Å². The number of esters is 1. The predicted octanol–water partition coefficient (Wildman–Crippen LogP) is 2.46. The molecule has 1 aromatic rings. The van der Waals surface area contributed by atoms with E-state index in [2.05, 4.69) is 15.9 Å².